The van der Waals surface area contributed by atoms with Crippen molar-refractivity contribution in [1.82, 2.24) is 14.9 Å². The summed E-state index contributed by atoms with van der Waals surface area (Å²) in [6.07, 6.45) is 0. The van der Waals surface area contributed by atoms with Gasteiger partial charge in [0.2, 0.25) is 0 Å². The number of halogens is 3. The standard InChI is InChI=1S/C23H18Cl3N3O/c1-14(27-23(30)15-6-4-7-16(24)12-15)22-28-20-10-2-3-11-21(20)29(22)13-17-18(25)8-5-9-19(17)26/h2-12,14H,13H2,1H3,(H,27,30)/t14-/m0/s1. The van der Waals surface area contributed by atoms with E-state index in [1.165, 1.54) is 0 Å². The van der Waals surface area contributed by atoms with E-state index in [0.29, 0.717) is 33.0 Å². The zero-order valence-electron chi connectivity index (χ0n) is 16.1. The summed E-state index contributed by atoms with van der Waals surface area (Å²) in [5, 5.41) is 4.69. The lowest BCUT2D eigenvalue weighted by Crippen LogP contribution is -2.28. The summed E-state index contributed by atoms with van der Waals surface area (Å²) in [4.78, 5) is 17.5. The number of carbonyl (C=O) groups excluding carboxylic acids is 1. The van der Waals surface area contributed by atoms with E-state index in [1.54, 1.807) is 24.3 Å². The molecule has 0 aliphatic carbocycles. The van der Waals surface area contributed by atoms with Crippen molar-refractivity contribution in [3.8, 4) is 0 Å². The predicted octanol–water partition coefficient (Wildman–Crippen LogP) is 6.54. The van der Waals surface area contributed by atoms with Crippen molar-refractivity contribution in [2.45, 2.75) is 19.5 Å². The first-order chi connectivity index (χ1) is 14.4. The van der Waals surface area contributed by atoms with E-state index in [2.05, 4.69) is 5.32 Å². The zero-order valence-corrected chi connectivity index (χ0v) is 18.3. The highest BCUT2D eigenvalue weighted by Gasteiger charge is 2.20. The molecule has 0 saturated heterocycles. The van der Waals surface area contributed by atoms with E-state index in [0.717, 1.165) is 16.6 Å². The number of amides is 1. The Labute approximate surface area is 189 Å². The normalized spacial score (nSPS) is 12.1. The Kier molecular flexibility index (Phi) is 6.00. The molecule has 1 aromatic heterocycles. The minimum Gasteiger partial charge on any atom is -0.342 e. The van der Waals surface area contributed by atoms with E-state index in [9.17, 15) is 4.79 Å². The molecule has 1 N–H and O–H groups in total. The SMILES string of the molecule is C[C@H](NC(=O)c1cccc(Cl)c1)c1nc2ccccc2n1Cc1c(Cl)cccc1Cl. The van der Waals surface area contributed by atoms with Gasteiger partial charge in [-0.1, -0.05) is 59.1 Å². The third-order valence-electron chi connectivity index (χ3n) is 4.88. The molecule has 30 heavy (non-hydrogen) atoms. The number of para-hydroxylation sites is 2. The van der Waals surface area contributed by atoms with E-state index in [4.69, 9.17) is 39.8 Å². The van der Waals surface area contributed by atoms with Crippen molar-refractivity contribution < 1.29 is 4.79 Å². The Morgan fingerprint density at radius 2 is 1.70 bits per heavy atom. The number of aromatic nitrogens is 2. The molecule has 0 fully saturated rings. The fourth-order valence-electron chi connectivity index (χ4n) is 3.41. The number of hydrogen-bond donors (Lipinski definition) is 1. The summed E-state index contributed by atoms with van der Waals surface area (Å²) in [6.45, 7) is 2.33. The van der Waals surface area contributed by atoms with Crippen LogP contribution in [0.5, 0.6) is 0 Å². The number of hydrogen-bond acceptors (Lipinski definition) is 2. The van der Waals surface area contributed by atoms with Gasteiger partial charge in [-0.3, -0.25) is 4.79 Å². The first-order valence-corrected chi connectivity index (χ1v) is 10.5. The average Bonchev–Trinajstić information content (AvgIpc) is 3.09. The van der Waals surface area contributed by atoms with Gasteiger partial charge in [0, 0.05) is 26.2 Å². The van der Waals surface area contributed by atoms with Gasteiger partial charge in [-0.2, -0.15) is 0 Å². The second-order valence-corrected chi connectivity index (χ2v) is 8.20. The molecule has 4 nitrogen and oxygen atoms in total. The highest BCUT2D eigenvalue weighted by atomic mass is 35.5. The molecule has 0 aliphatic heterocycles. The molecule has 0 aliphatic rings. The third kappa shape index (κ3) is 4.17. The van der Waals surface area contributed by atoms with Crippen LogP contribution in [-0.2, 0) is 6.54 Å². The molecule has 0 radical (unpaired) electrons. The van der Waals surface area contributed by atoms with Gasteiger partial charge in [0.15, 0.2) is 0 Å². The van der Waals surface area contributed by atoms with Crippen molar-refractivity contribution in [2.75, 3.05) is 0 Å². The molecule has 152 valence electrons. The van der Waals surface area contributed by atoms with Crippen molar-refractivity contribution in [1.29, 1.82) is 0 Å². The minimum atomic E-state index is -0.356. The van der Waals surface area contributed by atoms with Crippen LogP contribution in [0.4, 0.5) is 0 Å². The zero-order chi connectivity index (χ0) is 21.3. The molecule has 0 spiro atoms. The smallest absolute Gasteiger partial charge is 0.251 e. The summed E-state index contributed by atoms with van der Waals surface area (Å²) in [5.41, 5.74) is 3.07. The minimum absolute atomic E-state index is 0.223. The average molecular weight is 459 g/mol. The number of imidazole rings is 1. The van der Waals surface area contributed by atoms with Crippen LogP contribution in [0, 0.1) is 0 Å². The van der Waals surface area contributed by atoms with Crippen molar-refractivity contribution >= 4 is 51.7 Å². The van der Waals surface area contributed by atoms with Gasteiger partial charge < -0.3 is 9.88 Å². The summed E-state index contributed by atoms with van der Waals surface area (Å²) in [7, 11) is 0. The van der Waals surface area contributed by atoms with Gasteiger partial charge in [-0.15, -0.1) is 0 Å². The lowest BCUT2D eigenvalue weighted by atomic mass is 10.2. The molecule has 0 unspecified atom stereocenters. The molecule has 1 amide bonds. The van der Waals surface area contributed by atoms with Crippen LogP contribution >= 0.6 is 34.8 Å². The van der Waals surface area contributed by atoms with Gasteiger partial charge in [0.1, 0.15) is 5.82 Å². The predicted molar refractivity (Wildman–Crippen MR) is 123 cm³/mol. The van der Waals surface area contributed by atoms with Crippen LogP contribution in [0.15, 0.2) is 66.7 Å². The van der Waals surface area contributed by atoms with Crippen LogP contribution in [0.25, 0.3) is 11.0 Å². The largest absolute Gasteiger partial charge is 0.342 e. The van der Waals surface area contributed by atoms with Crippen molar-refractivity contribution in [3.63, 3.8) is 0 Å². The topological polar surface area (TPSA) is 46.9 Å². The highest BCUT2D eigenvalue weighted by molar-refractivity contribution is 6.36. The fourth-order valence-corrected chi connectivity index (χ4v) is 4.11. The molecule has 4 aromatic rings. The number of fused-ring (bicyclic) bond motifs is 1. The van der Waals surface area contributed by atoms with Gasteiger partial charge in [0.25, 0.3) is 5.91 Å². The van der Waals surface area contributed by atoms with E-state index in [-0.39, 0.29) is 11.9 Å². The molecule has 1 atom stereocenters. The molecule has 1 heterocycles. The number of benzene rings is 3. The molecule has 7 heteroatoms. The van der Waals surface area contributed by atoms with Gasteiger partial charge in [-0.05, 0) is 49.4 Å². The second kappa shape index (κ2) is 8.68. The Bertz CT molecular complexity index is 1220. The summed E-state index contributed by atoms with van der Waals surface area (Å²) >= 11 is 18.8. The number of rotatable bonds is 5. The molecule has 4 rings (SSSR count). The number of nitrogens with zero attached hydrogens (tertiary/aromatic N) is 2. The molecule has 0 bridgehead atoms. The van der Waals surface area contributed by atoms with Gasteiger partial charge in [-0.25, -0.2) is 4.98 Å². The summed E-state index contributed by atoms with van der Waals surface area (Å²) < 4.78 is 2.03. The van der Waals surface area contributed by atoms with E-state index in [1.807, 2.05) is 54.0 Å². The van der Waals surface area contributed by atoms with Crippen LogP contribution in [0.2, 0.25) is 15.1 Å². The number of nitrogens with one attached hydrogen (secondary N) is 1. The Balaban J connectivity index is 1.71. The maximum Gasteiger partial charge on any atom is 0.251 e. The quantitative estimate of drug-likeness (QED) is 0.369. The summed E-state index contributed by atoms with van der Waals surface area (Å²) in [5.74, 6) is 0.488. The first-order valence-electron chi connectivity index (χ1n) is 9.38. The highest BCUT2D eigenvalue weighted by Crippen LogP contribution is 2.29. The Hall–Kier alpha value is -2.53. The van der Waals surface area contributed by atoms with Crippen LogP contribution in [-0.4, -0.2) is 15.5 Å². The number of carbonyl (C=O) groups is 1. The first kappa shape index (κ1) is 20.7. The molecular formula is C23H18Cl3N3O. The lowest BCUT2D eigenvalue weighted by Gasteiger charge is -2.17. The Morgan fingerprint density at radius 1 is 1.00 bits per heavy atom. The molecule has 3 aromatic carbocycles. The lowest BCUT2D eigenvalue weighted by molar-refractivity contribution is 0.0937. The van der Waals surface area contributed by atoms with E-state index < -0.39 is 0 Å². The Morgan fingerprint density at radius 3 is 2.43 bits per heavy atom. The monoisotopic (exact) mass is 457 g/mol. The summed E-state index contributed by atoms with van der Waals surface area (Å²) in [6, 6.07) is 19.7. The van der Waals surface area contributed by atoms with Crippen LogP contribution < -0.4 is 5.32 Å². The fraction of sp³-hybridized carbons (Fsp3) is 0.130. The van der Waals surface area contributed by atoms with Gasteiger partial charge in [0.05, 0.1) is 23.6 Å². The maximum absolute atomic E-state index is 12.7. The van der Waals surface area contributed by atoms with Crippen molar-refractivity contribution in [3.05, 3.63) is 98.7 Å². The van der Waals surface area contributed by atoms with Crippen LogP contribution in [0.1, 0.15) is 34.7 Å². The molecular weight excluding hydrogens is 441 g/mol. The third-order valence-corrected chi connectivity index (χ3v) is 5.83. The van der Waals surface area contributed by atoms with E-state index >= 15 is 0 Å². The van der Waals surface area contributed by atoms with Crippen molar-refractivity contribution in [2.24, 2.45) is 0 Å². The maximum atomic E-state index is 12.7. The molecule has 0 saturated carbocycles. The second-order valence-electron chi connectivity index (χ2n) is 6.95. The van der Waals surface area contributed by atoms with Crippen LogP contribution in [0.3, 0.4) is 0 Å². The van der Waals surface area contributed by atoms with Gasteiger partial charge >= 0.3 is 0 Å².